The number of methoxy groups -OCH3 is 1. The Labute approximate surface area is 102 Å². The number of hydrogen-bond acceptors (Lipinski definition) is 4. The second-order valence-electron chi connectivity index (χ2n) is 3.88. The Balaban J connectivity index is 2.79. The van der Waals surface area contributed by atoms with Gasteiger partial charge in [0.15, 0.2) is 0 Å². The van der Waals surface area contributed by atoms with Gasteiger partial charge in [0.05, 0.1) is 13.7 Å². The van der Waals surface area contributed by atoms with Crippen molar-refractivity contribution in [2.75, 3.05) is 13.7 Å². The quantitative estimate of drug-likeness (QED) is 0.787. The molecule has 4 nitrogen and oxygen atoms in total. The van der Waals surface area contributed by atoms with Gasteiger partial charge in [-0.3, -0.25) is 4.79 Å². The highest BCUT2D eigenvalue weighted by Gasteiger charge is 2.17. The molecule has 2 N–H and O–H groups in total. The number of benzene rings is 1. The molecular weight excluding hydrogens is 218 g/mol. The van der Waals surface area contributed by atoms with Gasteiger partial charge in [-0.1, -0.05) is 17.7 Å². The van der Waals surface area contributed by atoms with Crippen LogP contribution in [0.25, 0.3) is 0 Å². The predicted molar refractivity (Wildman–Crippen MR) is 66.0 cm³/mol. The minimum atomic E-state index is -0.648. The summed E-state index contributed by atoms with van der Waals surface area (Å²) in [7, 11) is 1.60. The number of nitrogens with two attached hydrogens (primary N) is 1. The molecule has 0 aliphatic rings. The molecule has 1 aromatic rings. The van der Waals surface area contributed by atoms with Crippen molar-refractivity contribution in [3.05, 3.63) is 29.3 Å². The van der Waals surface area contributed by atoms with Crippen LogP contribution in [0.15, 0.2) is 18.2 Å². The van der Waals surface area contributed by atoms with Crippen molar-refractivity contribution in [2.24, 2.45) is 5.73 Å². The second kappa shape index (κ2) is 6.25. The third-order valence-corrected chi connectivity index (χ3v) is 2.47. The fraction of sp³-hybridized carbons (Fsp3) is 0.462. The SMILES string of the molecule is CCOC(=O)C(N)Cc1cc(C)ccc1OC. The zero-order valence-electron chi connectivity index (χ0n) is 10.5. The van der Waals surface area contributed by atoms with Gasteiger partial charge in [-0.15, -0.1) is 0 Å². The Morgan fingerprint density at radius 3 is 2.76 bits per heavy atom. The van der Waals surface area contributed by atoms with E-state index in [1.54, 1.807) is 14.0 Å². The van der Waals surface area contributed by atoms with Gasteiger partial charge in [-0.25, -0.2) is 0 Å². The minimum Gasteiger partial charge on any atom is -0.496 e. The van der Waals surface area contributed by atoms with Gasteiger partial charge in [0, 0.05) is 6.42 Å². The number of carbonyl (C=O) groups excluding carboxylic acids is 1. The zero-order valence-corrected chi connectivity index (χ0v) is 10.5. The molecule has 0 amide bonds. The maximum absolute atomic E-state index is 11.4. The van der Waals surface area contributed by atoms with Crippen molar-refractivity contribution in [1.82, 2.24) is 0 Å². The van der Waals surface area contributed by atoms with Crippen LogP contribution in [0, 0.1) is 6.92 Å². The van der Waals surface area contributed by atoms with E-state index in [1.165, 1.54) is 0 Å². The first-order chi connectivity index (χ1) is 8.08. The zero-order chi connectivity index (χ0) is 12.8. The standard InChI is InChI=1S/C13H19NO3/c1-4-17-13(15)11(14)8-10-7-9(2)5-6-12(10)16-3/h5-7,11H,4,8,14H2,1-3H3. The molecule has 0 fully saturated rings. The Kier molecular flexibility index (Phi) is 4.97. The predicted octanol–water partition coefficient (Wildman–Crippen LogP) is 1.44. The summed E-state index contributed by atoms with van der Waals surface area (Å²) >= 11 is 0. The molecule has 94 valence electrons. The molecule has 0 saturated carbocycles. The van der Waals surface area contributed by atoms with E-state index in [4.69, 9.17) is 15.2 Å². The number of hydrogen-bond donors (Lipinski definition) is 1. The van der Waals surface area contributed by atoms with Crippen LogP contribution in [0.5, 0.6) is 5.75 Å². The van der Waals surface area contributed by atoms with E-state index in [-0.39, 0.29) is 5.97 Å². The van der Waals surface area contributed by atoms with Crippen molar-refractivity contribution < 1.29 is 14.3 Å². The normalized spacial score (nSPS) is 12.0. The van der Waals surface area contributed by atoms with Crippen LogP contribution in [0.3, 0.4) is 0 Å². The maximum atomic E-state index is 11.4. The van der Waals surface area contributed by atoms with Gasteiger partial charge in [0.2, 0.25) is 0 Å². The lowest BCUT2D eigenvalue weighted by Crippen LogP contribution is -2.34. The Morgan fingerprint density at radius 2 is 2.18 bits per heavy atom. The minimum absolute atomic E-state index is 0.345. The van der Waals surface area contributed by atoms with E-state index < -0.39 is 6.04 Å². The molecule has 17 heavy (non-hydrogen) atoms. The van der Waals surface area contributed by atoms with Crippen LogP contribution in [-0.4, -0.2) is 25.7 Å². The smallest absolute Gasteiger partial charge is 0.323 e. The van der Waals surface area contributed by atoms with Gasteiger partial charge < -0.3 is 15.2 Å². The number of rotatable bonds is 5. The van der Waals surface area contributed by atoms with Crippen molar-refractivity contribution in [3.63, 3.8) is 0 Å². The molecule has 0 aliphatic carbocycles. The molecule has 4 heteroatoms. The number of ether oxygens (including phenoxy) is 2. The Morgan fingerprint density at radius 1 is 1.47 bits per heavy atom. The first kappa shape index (κ1) is 13.5. The third-order valence-electron chi connectivity index (χ3n) is 2.47. The van der Waals surface area contributed by atoms with Gasteiger partial charge in [0.25, 0.3) is 0 Å². The van der Waals surface area contributed by atoms with Crippen LogP contribution in [0.2, 0.25) is 0 Å². The summed E-state index contributed by atoms with van der Waals surface area (Å²) in [5, 5.41) is 0. The van der Waals surface area contributed by atoms with Crippen LogP contribution in [-0.2, 0) is 16.0 Å². The van der Waals surface area contributed by atoms with Crippen molar-refractivity contribution in [2.45, 2.75) is 26.3 Å². The van der Waals surface area contributed by atoms with Gasteiger partial charge in [0.1, 0.15) is 11.8 Å². The highest BCUT2D eigenvalue weighted by atomic mass is 16.5. The topological polar surface area (TPSA) is 61.5 Å². The molecule has 0 heterocycles. The summed E-state index contributed by atoms with van der Waals surface area (Å²) in [5.74, 6) is 0.367. The van der Waals surface area contributed by atoms with Gasteiger partial charge in [-0.05, 0) is 25.5 Å². The maximum Gasteiger partial charge on any atom is 0.323 e. The molecule has 1 aromatic carbocycles. The van der Waals surface area contributed by atoms with Gasteiger partial charge in [-0.2, -0.15) is 0 Å². The lowest BCUT2D eigenvalue weighted by atomic mass is 10.0. The summed E-state index contributed by atoms with van der Waals surface area (Å²) in [4.78, 5) is 11.4. The molecule has 0 radical (unpaired) electrons. The van der Waals surface area contributed by atoms with E-state index in [1.807, 2.05) is 25.1 Å². The number of aryl methyl sites for hydroxylation is 1. The molecule has 0 aromatic heterocycles. The fourth-order valence-electron chi connectivity index (χ4n) is 1.64. The van der Waals surface area contributed by atoms with Crippen molar-refractivity contribution >= 4 is 5.97 Å². The van der Waals surface area contributed by atoms with Crippen molar-refractivity contribution in [1.29, 1.82) is 0 Å². The molecule has 1 unspecified atom stereocenters. The largest absolute Gasteiger partial charge is 0.496 e. The van der Waals surface area contributed by atoms with Crippen LogP contribution >= 0.6 is 0 Å². The Bertz CT molecular complexity index is 390. The first-order valence-electron chi connectivity index (χ1n) is 5.64. The molecule has 0 bridgehead atoms. The molecule has 0 saturated heterocycles. The molecule has 0 aliphatic heterocycles. The highest BCUT2D eigenvalue weighted by Crippen LogP contribution is 2.21. The van der Waals surface area contributed by atoms with E-state index in [9.17, 15) is 4.79 Å². The fourth-order valence-corrected chi connectivity index (χ4v) is 1.64. The van der Waals surface area contributed by atoms with Crippen molar-refractivity contribution in [3.8, 4) is 5.75 Å². The first-order valence-corrected chi connectivity index (χ1v) is 5.64. The third kappa shape index (κ3) is 3.75. The molecule has 1 rings (SSSR count). The summed E-state index contributed by atoms with van der Waals surface area (Å²) < 4.78 is 10.1. The average molecular weight is 237 g/mol. The average Bonchev–Trinajstić information content (AvgIpc) is 2.29. The van der Waals surface area contributed by atoms with E-state index >= 15 is 0 Å². The van der Waals surface area contributed by atoms with E-state index in [0.29, 0.717) is 13.0 Å². The summed E-state index contributed by atoms with van der Waals surface area (Å²) in [6, 6.07) is 5.16. The number of carbonyl (C=O) groups is 1. The van der Waals surface area contributed by atoms with Crippen LogP contribution in [0.1, 0.15) is 18.1 Å². The van der Waals surface area contributed by atoms with E-state index in [2.05, 4.69) is 0 Å². The highest BCUT2D eigenvalue weighted by molar-refractivity contribution is 5.76. The second-order valence-corrected chi connectivity index (χ2v) is 3.88. The lowest BCUT2D eigenvalue weighted by Gasteiger charge is -2.13. The van der Waals surface area contributed by atoms with Gasteiger partial charge >= 0.3 is 5.97 Å². The lowest BCUT2D eigenvalue weighted by molar-refractivity contribution is -0.144. The summed E-state index contributed by atoms with van der Waals surface area (Å²) in [6.45, 7) is 4.09. The molecular formula is C13H19NO3. The Hall–Kier alpha value is -1.55. The summed E-state index contributed by atoms with van der Waals surface area (Å²) in [6.07, 6.45) is 0.420. The molecule has 1 atom stereocenters. The monoisotopic (exact) mass is 237 g/mol. The number of esters is 1. The summed E-state index contributed by atoms with van der Waals surface area (Å²) in [5.41, 5.74) is 7.81. The molecule has 0 spiro atoms. The van der Waals surface area contributed by atoms with Crippen LogP contribution < -0.4 is 10.5 Å². The van der Waals surface area contributed by atoms with Crippen LogP contribution in [0.4, 0.5) is 0 Å². The van der Waals surface area contributed by atoms with E-state index in [0.717, 1.165) is 16.9 Å².